The van der Waals surface area contributed by atoms with Gasteiger partial charge in [-0.1, -0.05) is 6.07 Å². The molecular weight excluding hydrogens is 440 g/mol. The van der Waals surface area contributed by atoms with Crippen LogP contribution in [0.25, 0.3) is 0 Å². The third-order valence-electron chi connectivity index (χ3n) is 5.52. The highest BCUT2D eigenvalue weighted by atomic mass is 32.2. The van der Waals surface area contributed by atoms with Crippen LogP contribution in [-0.4, -0.2) is 70.0 Å². The Kier molecular flexibility index (Phi) is 7.94. The molecule has 174 valence electrons. The predicted molar refractivity (Wildman–Crippen MR) is 117 cm³/mol. The summed E-state index contributed by atoms with van der Waals surface area (Å²) in [6, 6.07) is 8.56. The van der Waals surface area contributed by atoms with Gasteiger partial charge in [0.2, 0.25) is 10.0 Å². The van der Waals surface area contributed by atoms with Crippen LogP contribution in [0, 0.1) is 11.6 Å². The molecule has 0 aliphatic carbocycles. The monoisotopic (exact) mass is 467 g/mol. The minimum Gasteiger partial charge on any atom is -0.383 e. The van der Waals surface area contributed by atoms with Crippen LogP contribution in [0.5, 0.6) is 0 Å². The molecule has 0 spiro atoms. The number of rotatable bonds is 8. The topological polar surface area (TPSA) is 79.0 Å². The van der Waals surface area contributed by atoms with Crippen molar-refractivity contribution in [3.8, 4) is 0 Å². The Hall–Kier alpha value is -2.40. The molecule has 0 saturated carbocycles. The molecule has 1 heterocycles. The first kappa shape index (κ1) is 24.2. The molecule has 0 bridgehead atoms. The molecule has 3 rings (SSSR count). The fourth-order valence-corrected chi connectivity index (χ4v) is 5.39. The van der Waals surface area contributed by atoms with E-state index in [1.54, 1.807) is 0 Å². The highest BCUT2D eigenvalue weighted by Crippen LogP contribution is 2.25. The molecule has 32 heavy (non-hydrogen) atoms. The summed E-state index contributed by atoms with van der Waals surface area (Å²) in [6.45, 7) is 2.12. The summed E-state index contributed by atoms with van der Waals surface area (Å²) >= 11 is 0. The molecule has 2 aromatic carbocycles. The summed E-state index contributed by atoms with van der Waals surface area (Å²) in [6.07, 6.45) is 1.45. The summed E-state index contributed by atoms with van der Waals surface area (Å²) in [5.74, 6) is -2.91. The molecule has 1 amide bonds. The third-order valence-corrected chi connectivity index (χ3v) is 7.49. The van der Waals surface area contributed by atoms with E-state index in [1.807, 2.05) is 7.05 Å². The van der Waals surface area contributed by atoms with Crippen molar-refractivity contribution >= 4 is 21.6 Å². The van der Waals surface area contributed by atoms with Gasteiger partial charge in [-0.05, 0) is 69.4 Å². The number of amides is 1. The number of benzene rings is 2. The molecule has 1 aliphatic heterocycles. The zero-order valence-electron chi connectivity index (χ0n) is 18.1. The highest BCUT2D eigenvalue weighted by Gasteiger charge is 2.33. The fourth-order valence-electron chi connectivity index (χ4n) is 3.72. The number of piperidine rings is 1. The minimum atomic E-state index is -3.80. The lowest BCUT2D eigenvalue weighted by molar-refractivity contribution is 0.101. The van der Waals surface area contributed by atoms with Gasteiger partial charge < -0.3 is 15.0 Å². The second-order valence-corrected chi connectivity index (χ2v) is 9.61. The molecule has 2 aromatic rings. The van der Waals surface area contributed by atoms with Gasteiger partial charge in [0.05, 0.1) is 11.5 Å². The van der Waals surface area contributed by atoms with Crippen molar-refractivity contribution in [3.63, 3.8) is 0 Å². The fraction of sp³-hybridized carbons (Fsp3) is 0.409. The number of sulfonamides is 1. The normalized spacial score (nSPS) is 15.8. The van der Waals surface area contributed by atoms with Crippen LogP contribution in [-0.2, 0) is 14.8 Å². The second-order valence-electron chi connectivity index (χ2n) is 7.72. The number of carbonyl (C=O) groups is 1. The summed E-state index contributed by atoms with van der Waals surface area (Å²) in [7, 11) is -0.272. The van der Waals surface area contributed by atoms with E-state index in [0.29, 0.717) is 0 Å². The van der Waals surface area contributed by atoms with Gasteiger partial charge in [0.25, 0.3) is 5.91 Å². The number of hydrogen-bond donors (Lipinski definition) is 1. The van der Waals surface area contributed by atoms with E-state index >= 15 is 0 Å². The van der Waals surface area contributed by atoms with Gasteiger partial charge in [0.1, 0.15) is 17.2 Å². The largest absolute Gasteiger partial charge is 0.383 e. The zero-order valence-corrected chi connectivity index (χ0v) is 18.9. The molecule has 1 saturated heterocycles. The van der Waals surface area contributed by atoms with Crippen LogP contribution < -0.4 is 5.32 Å². The Bertz CT molecular complexity index is 1020. The molecule has 1 aliphatic rings. The van der Waals surface area contributed by atoms with Crippen LogP contribution in [0.4, 0.5) is 14.5 Å². The first-order chi connectivity index (χ1) is 15.2. The molecule has 0 atom stereocenters. The Labute approximate surface area is 187 Å². The molecule has 1 fully saturated rings. The first-order valence-corrected chi connectivity index (χ1v) is 11.7. The van der Waals surface area contributed by atoms with Crippen molar-refractivity contribution in [3.05, 3.63) is 59.7 Å². The lowest BCUT2D eigenvalue weighted by atomic mass is 10.1. The minimum absolute atomic E-state index is 0.0719. The van der Waals surface area contributed by atoms with Crippen LogP contribution in [0.1, 0.15) is 23.2 Å². The first-order valence-electron chi connectivity index (χ1n) is 10.3. The van der Waals surface area contributed by atoms with Gasteiger partial charge in [-0.3, -0.25) is 4.79 Å². The number of likely N-dealkylation sites (tertiary alicyclic amines) is 1. The average Bonchev–Trinajstić information content (AvgIpc) is 2.75. The van der Waals surface area contributed by atoms with E-state index in [9.17, 15) is 22.0 Å². The van der Waals surface area contributed by atoms with Crippen molar-refractivity contribution in [1.29, 1.82) is 0 Å². The van der Waals surface area contributed by atoms with Gasteiger partial charge in [0, 0.05) is 25.4 Å². The lowest BCUT2D eigenvalue weighted by Gasteiger charge is -2.36. The molecule has 0 radical (unpaired) electrons. The SMILES string of the molecule is COCCN(C1CCN(C)CC1)S(=O)(=O)c1ccc(NC(=O)c2c(F)cccc2F)cc1. The summed E-state index contributed by atoms with van der Waals surface area (Å²) in [5, 5.41) is 2.40. The van der Waals surface area contributed by atoms with Crippen LogP contribution in [0.15, 0.2) is 47.4 Å². The van der Waals surface area contributed by atoms with Crippen molar-refractivity contribution < 1.29 is 26.7 Å². The van der Waals surface area contributed by atoms with Gasteiger partial charge >= 0.3 is 0 Å². The van der Waals surface area contributed by atoms with Gasteiger partial charge in [-0.2, -0.15) is 4.31 Å². The summed E-state index contributed by atoms with van der Waals surface area (Å²) in [5.41, 5.74) is -0.475. The number of hydrogen-bond acceptors (Lipinski definition) is 5. The second kappa shape index (κ2) is 10.5. The quantitative estimate of drug-likeness (QED) is 0.646. The van der Waals surface area contributed by atoms with E-state index < -0.39 is 33.1 Å². The number of nitrogens with zero attached hydrogens (tertiary/aromatic N) is 2. The maximum atomic E-state index is 13.8. The Morgan fingerprint density at radius 1 is 1.12 bits per heavy atom. The smallest absolute Gasteiger partial charge is 0.261 e. The van der Waals surface area contributed by atoms with Gasteiger partial charge in [-0.25, -0.2) is 17.2 Å². The Balaban J connectivity index is 1.78. The molecule has 1 N–H and O–H groups in total. The maximum Gasteiger partial charge on any atom is 0.261 e. The Morgan fingerprint density at radius 3 is 2.28 bits per heavy atom. The molecule has 10 heteroatoms. The van der Waals surface area contributed by atoms with Crippen molar-refractivity contribution in [2.45, 2.75) is 23.8 Å². The number of halogens is 2. The van der Waals surface area contributed by atoms with Crippen molar-refractivity contribution in [1.82, 2.24) is 9.21 Å². The number of ether oxygens (including phenoxy) is 1. The van der Waals surface area contributed by atoms with Crippen molar-refractivity contribution in [2.75, 3.05) is 45.7 Å². The van der Waals surface area contributed by atoms with E-state index in [-0.39, 0.29) is 29.8 Å². The zero-order chi connectivity index (χ0) is 23.3. The van der Waals surface area contributed by atoms with E-state index in [4.69, 9.17) is 4.74 Å². The molecule has 0 aromatic heterocycles. The standard InChI is InChI=1S/C22H27F2N3O4S/c1-26-12-10-17(11-13-26)27(14-15-31-2)32(29,30)18-8-6-16(7-9-18)25-22(28)21-19(23)4-3-5-20(21)24/h3-9,17H,10-15H2,1-2H3,(H,25,28). The average molecular weight is 468 g/mol. The number of carbonyl (C=O) groups excluding carboxylic acids is 1. The highest BCUT2D eigenvalue weighted by molar-refractivity contribution is 7.89. The van der Waals surface area contributed by atoms with Gasteiger partial charge in [0.15, 0.2) is 0 Å². The lowest BCUT2D eigenvalue weighted by Crippen LogP contribution is -2.47. The van der Waals surface area contributed by atoms with E-state index in [2.05, 4.69) is 10.2 Å². The maximum absolute atomic E-state index is 13.8. The van der Waals surface area contributed by atoms with Crippen LogP contribution in [0.3, 0.4) is 0 Å². The van der Waals surface area contributed by atoms with Crippen molar-refractivity contribution in [2.24, 2.45) is 0 Å². The summed E-state index contributed by atoms with van der Waals surface area (Å²) < 4.78 is 60.9. The molecular formula is C22H27F2N3O4S. The van der Waals surface area contributed by atoms with Crippen LogP contribution in [0.2, 0.25) is 0 Å². The van der Waals surface area contributed by atoms with Crippen LogP contribution >= 0.6 is 0 Å². The Morgan fingerprint density at radius 2 is 1.72 bits per heavy atom. The van der Waals surface area contributed by atoms with E-state index in [1.165, 1.54) is 41.7 Å². The number of nitrogens with one attached hydrogen (secondary N) is 1. The molecule has 7 nitrogen and oxygen atoms in total. The summed E-state index contributed by atoms with van der Waals surface area (Å²) in [4.78, 5) is 14.5. The third kappa shape index (κ3) is 5.50. The number of anilines is 1. The predicted octanol–water partition coefficient (Wildman–Crippen LogP) is 2.95. The van der Waals surface area contributed by atoms with Gasteiger partial charge in [-0.15, -0.1) is 0 Å². The number of methoxy groups -OCH3 is 1. The van der Waals surface area contributed by atoms with E-state index in [0.717, 1.165) is 38.1 Å². The molecule has 0 unspecified atom stereocenters.